The van der Waals surface area contributed by atoms with Gasteiger partial charge in [-0.1, -0.05) is 0 Å². The van der Waals surface area contributed by atoms with Crippen molar-refractivity contribution in [2.24, 2.45) is 4.99 Å². The molecule has 2 saturated heterocycles. The van der Waals surface area contributed by atoms with Crippen molar-refractivity contribution in [1.29, 1.82) is 0 Å². The zero-order valence-electron chi connectivity index (χ0n) is 19.6. The summed E-state index contributed by atoms with van der Waals surface area (Å²) in [6.45, 7) is 4.12. The topological polar surface area (TPSA) is 73.1 Å². The van der Waals surface area contributed by atoms with Crippen LogP contribution in [0.3, 0.4) is 0 Å². The van der Waals surface area contributed by atoms with Crippen LogP contribution >= 0.6 is 24.0 Å². The average Bonchev–Trinajstić information content (AvgIpc) is 3.33. The number of ether oxygens (including phenoxy) is 3. The molecule has 1 aromatic heterocycles. The molecule has 1 unspecified atom stereocenters. The summed E-state index contributed by atoms with van der Waals surface area (Å²) in [5.74, 6) is 1.75. The van der Waals surface area contributed by atoms with E-state index in [-0.39, 0.29) is 30.1 Å². The summed E-state index contributed by atoms with van der Waals surface area (Å²) in [5, 5.41) is 8.13. The number of hydrogen-bond donors (Lipinski definition) is 1. The third-order valence-electron chi connectivity index (χ3n) is 6.15. The van der Waals surface area contributed by atoms with Crippen LogP contribution in [0.1, 0.15) is 37.8 Å². The number of likely N-dealkylation sites (tertiary alicyclic amines) is 1. The molecule has 2 fully saturated rings. The van der Waals surface area contributed by atoms with E-state index < -0.39 is 0 Å². The second kappa shape index (κ2) is 13.1. The normalized spacial score (nSPS) is 19.8. The van der Waals surface area contributed by atoms with Crippen molar-refractivity contribution in [3.8, 4) is 11.4 Å². The first-order valence-electron chi connectivity index (χ1n) is 11.6. The Kier molecular flexibility index (Phi) is 10.3. The number of nitrogens with zero attached hydrogens (tertiary/aromatic N) is 4. The van der Waals surface area contributed by atoms with Gasteiger partial charge in [-0.15, -0.1) is 24.0 Å². The van der Waals surface area contributed by atoms with E-state index in [2.05, 4.69) is 20.3 Å². The highest BCUT2D eigenvalue weighted by Crippen LogP contribution is 2.18. The minimum Gasteiger partial charge on any atom is -0.497 e. The predicted molar refractivity (Wildman–Crippen MR) is 140 cm³/mol. The van der Waals surface area contributed by atoms with Gasteiger partial charge in [-0.25, -0.2) is 4.68 Å². The summed E-state index contributed by atoms with van der Waals surface area (Å²) >= 11 is 0. The number of nitrogens with one attached hydrogen (secondary N) is 1. The third-order valence-corrected chi connectivity index (χ3v) is 6.15. The van der Waals surface area contributed by atoms with E-state index in [1.807, 2.05) is 48.3 Å². The Morgan fingerprint density at radius 1 is 1.15 bits per heavy atom. The molecule has 9 heteroatoms. The average molecular weight is 569 g/mol. The van der Waals surface area contributed by atoms with Crippen LogP contribution in [0.2, 0.25) is 0 Å². The summed E-state index contributed by atoms with van der Waals surface area (Å²) in [6, 6.07) is 9.89. The summed E-state index contributed by atoms with van der Waals surface area (Å²) in [5.41, 5.74) is 1.97. The third kappa shape index (κ3) is 7.31. The molecule has 2 aromatic rings. The number of rotatable bonds is 7. The largest absolute Gasteiger partial charge is 0.497 e. The van der Waals surface area contributed by atoms with Gasteiger partial charge < -0.3 is 24.4 Å². The van der Waals surface area contributed by atoms with Crippen LogP contribution in [-0.4, -0.2) is 73.3 Å². The molecule has 0 spiro atoms. The van der Waals surface area contributed by atoms with Gasteiger partial charge in [0.15, 0.2) is 5.96 Å². The highest BCUT2D eigenvalue weighted by Gasteiger charge is 2.23. The lowest BCUT2D eigenvalue weighted by molar-refractivity contribution is -0.0721. The van der Waals surface area contributed by atoms with Crippen molar-refractivity contribution >= 4 is 29.9 Å². The molecule has 2 aliphatic rings. The molecule has 8 nitrogen and oxygen atoms in total. The number of halogens is 1. The van der Waals surface area contributed by atoms with Gasteiger partial charge in [0.05, 0.1) is 43.9 Å². The molecule has 4 rings (SSSR count). The minimum absolute atomic E-state index is 0. The van der Waals surface area contributed by atoms with Crippen molar-refractivity contribution < 1.29 is 14.2 Å². The monoisotopic (exact) mass is 569 g/mol. The van der Waals surface area contributed by atoms with E-state index in [1.54, 1.807) is 7.11 Å². The quantitative estimate of drug-likeness (QED) is 0.312. The molecule has 0 bridgehead atoms. The van der Waals surface area contributed by atoms with Gasteiger partial charge >= 0.3 is 0 Å². The Balaban J connectivity index is 0.00000306. The lowest BCUT2D eigenvalue weighted by Crippen LogP contribution is -2.47. The second-order valence-electron chi connectivity index (χ2n) is 8.36. The Hall–Kier alpha value is -1.85. The highest BCUT2D eigenvalue weighted by molar-refractivity contribution is 14.0. The predicted octanol–water partition coefficient (Wildman–Crippen LogP) is 3.62. The van der Waals surface area contributed by atoms with Crippen LogP contribution in [0.25, 0.3) is 5.69 Å². The minimum atomic E-state index is 0. The van der Waals surface area contributed by atoms with Crippen LogP contribution in [0.5, 0.6) is 5.75 Å². The van der Waals surface area contributed by atoms with Gasteiger partial charge in [-0.2, -0.15) is 5.10 Å². The van der Waals surface area contributed by atoms with E-state index in [9.17, 15) is 0 Å². The van der Waals surface area contributed by atoms with Crippen LogP contribution in [-0.2, 0) is 16.0 Å². The summed E-state index contributed by atoms with van der Waals surface area (Å²) < 4.78 is 19.0. The van der Waals surface area contributed by atoms with E-state index in [4.69, 9.17) is 14.2 Å². The Bertz CT molecular complexity index is 859. The molecule has 0 radical (unpaired) electrons. The lowest BCUT2D eigenvalue weighted by Gasteiger charge is -2.35. The summed E-state index contributed by atoms with van der Waals surface area (Å²) in [7, 11) is 3.50. The molecular weight excluding hydrogens is 533 g/mol. The molecule has 33 heavy (non-hydrogen) atoms. The second-order valence-corrected chi connectivity index (χ2v) is 8.36. The Morgan fingerprint density at radius 3 is 2.61 bits per heavy atom. The van der Waals surface area contributed by atoms with Crippen molar-refractivity contribution in [2.45, 2.75) is 50.9 Å². The number of aromatic nitrogens is 2. The zero-order valence-corrected chi connectivity index (χ0v) is 21.9. The molecule has 1 N–H and O–H groups in total. The van der Waals surface area contributed by atoms with Crippen LogP contribution in [0.4, 0.5) is 0 Å². The van der Waals surface area contributed by atoms with Gasteiger partial charge in [0, 0.05) is 32.9 Å². The van der Waals surface area contributed by atoms with E-state index in [0.29, 0.717) is 12.6 Å². The lowest BCUT2D eigenvalue weighted by atomic mass is 10.1. The Morgan fingerprint density at radius 2 is 1.94 bits per heavy atom. The smallest absolute Gasteiger partial charge is 0.193 e. The van der Waals surface area contributed by atoms with E-state index in [1.165, 1.54) is 12.8 Å². The summed E-state index contributed by atoms with van der Waals surface area (Å²) in [4.78, 5) is 6.78. The number of methoxy groups -OCH3 is 1. The van der Waals surface area contributed by atoms with Crippen LogP contribution in [0, 0.1) is 0 Å². The molecule has 0 aliphatic carbocycles. The van der Waals surface area contributed by atoms with Crippen LogP contribution < -0.4 is 10.1 Å². The van der Waals surface area contributed by atoms with Gasteiger partial charge in [0.2, 0.25) is 0 Å². The van der Waals surface area contributed by atoms with Crippen LogP contribution in [0.15, 0.2) is 41.5 Å². The fourth-order valence-electron chi connectivity index (χ4n) is 4.25. The first-order chi connectivity index (χ1) is 15.7. The molecule has 1 aromatic carbocycles. The van der Waals surface area contributed by atoms with Gasteiger partial charge in [-0.3, -0.25) is 4.99 Å². The van der Waals surface area contributed by atoms with Gasteiger partial charge in [0.25, 0.3) is 0 Å². The number of benzene rings is 1. The maximum absolute atomic E-state index is 6.14. The Labute approximate surface area is 213 Å². The van der Waals surface area contributed by atoms with E-state index >= 15 is 0 Å². The van der Waals surface area contributed by atoms with E-state index in [0.717, 1.165) is 68.7 Å². The van der Waals surface area contributed by atoms with Gasteiger partial charge in [-0.05, 0) is 62.4 Å². The molecule has 0 amide bonds. The highest BCUT2D eigenvalue weighted by atomic mass is 127. The maximum Gasteiger partial charge on any atom is 0.193 e. The van der Waals surface area contributed by atoms with Crippen molar-refractivity contribution in [3.05, 3.63) is 42.2 Å². The first kappa shape index (κ1) is 25.8. The molecule has 1 atom stereocenters. The van der Waals surface area contributed by atoms with Crippen molar-refractivity contribution in [1.82, 2.24) is 20.0 Å². The summed E-state index contributed by atoms with van der Waals surface area (Å²) in [6.07, 6.45) is 8.17. The number of hydrogen-bond acceptors (Lipinski definition) is 5. The first-order valence-corrected chi connectivity index (χ1v) is 11.6. The number of piperidine rings is 1. The number of guanidine groups is 1. The molecule has 182 valence electrons. The standard InChI is InChI=1S/C24H35N5O3.HI/c1-25-24(28-13-11-22(12-14-28)32-18-23-5-3-4-16-31-23)26-17-19-10-15-29(27-19)20-6-8-21(30-2)9-7-20;/h6-10,15,22-23H,3-5,11-14,16-18H2,1-2H3,(H,25,26);1H. The fraction of sp³-hybridized carbons (Fsp3) is 0.583. The SMILES string of the molecule is CN=C(NCc1ccn(-c2ccc(OC)cc2)n1)N1CCC(OCC2CCCCO2)CC1.I. The van der Waals surface area contributed by atoms with Crippen molar-refractivity contribution in [3.63, 3.8) is 0 Å². The molecule has 0 saturated carbocycles. The zero-order chi connectivity index (χ0) is 22.2. The van der Waals surface area contributed by atoms with Crippen molar-refractivity contribution in [2.75, 3.05) is 40.5 Å². The number of aliphatic imine (C=N–C) groups is 1. The maximum atomic E-state index is 6.14. The van der Waals surface area contributed by atoms with Gasteiger partial charge in [0.1, 0.15) is 5.75 Å². The molecule has 2 aliphatic heterocycles. The fourth-order valence-corrected chi connectivity index (χ4v) is 4.25. The molecule has 3 heterocycles. The molecular formula is C24H36IN5O3.